The Morgan fingerprint density at radius 1 is 1.50 bits per heavy atom. The Morgan fingerprint density at radius 2 is 2.10 bits per heavy atom. The molecular formula is C5H3F2IN2. The second-order valence-corrected chi connectivity index (χ2v) is 2.71. The normalized spacial score (nSPS) is 9.90. The molecule has 2 N–H and O–H groups in total. The lowest BCUT2D eigenvalue weighted by Gasteiger charge is -1.96. The van der Waals surface area contributed by atoms with E-state index in [2.05, 4.69) is 4.98 Å². The van der Waals surface area contributed by atoms with E-state index in [4.69, 9.17) is 5.73 Å². The number of anilines is 1. The molecule has 5 heteroatoms. The fraction of sp³-hybridized carbons (Fsp3) is 0. The highest BCUT2D eigenvalue weighted by Crippen LogP contribution is 2.14. The van der Waals surface area contributed by atoms with Crippen LogP contribution in [0.2, 0.25) is 0 Å². The highest BCUT2D eigenvalue weighted by atomic mass is 127. The van der Waals surface area contributed by atoms with Crippen LogP contribution in [0.15, 0.2) is 6.07 Å². The number of halogens is 3. The van der Waals surface area contributed by atoms with Crippen molar-refractivity contribution in [2.24, 2.45) is 0 Å². The third-order valence-corrected chi connectivity index (χ3v) is 1.85. The molecule has 0 radical (unpaired) electrons. The molecule has 0 saturated heterocycles. The van der Waals surface area contributed by atoms with E-state index in [0.29, 0.717) is 0 Å². The molecule has 0 aromatic carbocycles. The smallest absolute Gasteiger partial charge is 0.231 e. The van der Waals surface area contributed by atoms with E-state index in [-0.39, 0.29) is 9.39 Å². The van der Waals surface area contributed by atoms with E-state index in [1.807, 2.05) is 0 Å². The monoisotopic (exact) mass is 256 g/mol. The third-order valence-electron chi connectivity index (χ3n) is 0.893. The molecule has 0 saturated carbocycles. The quantitative estimate of drug-likeness (QED) is 0.565. The molecule has 0 amide bonds. The van der Waals surface area contributed by atoms with Gasteiger partial charge in [-0.2, -0.15) is 4.39 Å². The van der Waals surface area contributed by atoms with Crippen LogP contribution in [0, 0.1) is 15.3 Å². The summed E-state index contributed by atoms with van der Waals surface area (Å²) in [6.07, 6.45) is 0. The van der Waals surface area contributed by atoms with Gasteiger partial charge in [-0.3, -0.25) is 0 Å². The molecule has 0 aliphatic rings. The van der Waals surface area contributed by atoms with Gasteiger partial charge in [-0.15, -0.1) is 0 Å². The summed E-state index contributed by atoms with van der Waals surface area (Å²) in [6, 6.07) is 0.977. The van der Waals surface area contributed by atoms with Crippen LogP contribution in [-0.4, -0.2) is 4.98 Å². The molecule has 0 aliphatic heterocycles. The topological polar surface area (TPSA) is 38.9 Å². The van der Waals surface area contributed by atoms with Crippen LogP contribution in [-0.2, 0) is 0 Å². The van der Waals surface area contributed by atoms with Crippen molar-refractivity contribution in [3.05, 3.63) is 21.4 Å². The van der Waals surface area contributed by atoms with Crippen molar-refractivity contribution in [3.8, 4) is 0 Å². The van der Waals surface area contributed by atoms with Crippen LogP contribution in [0.5, 0.6) is 0 Å². The standard InChI is InChI=1S/C5H3F2IN2/c6-2-1-3(9)10-5(7)4(2)8/h1H,(H2,9,10). The van der Waals surface area contributed by atoms with Crippen molar-refractivity contribution in [1.29, 1.82) is 0 Å². The van der Waals surface area contributed by atoms with Gasteiger partial charge in [0, 0.05) is 6.07 Å². The fourth-order valence-corrected chi connectivity index (χ4v) is 0.763. The third kappa shape index (κ3) is 1.34. The van der Waals surface area contributed by atoms with Crippen LogP contribution >= 0.6 is 22.6 Å². The number of hydrogen-bond acceptors (Lipinski definition) is 2. The van der Waals surface area contributed by atoms with E-state index in [9.17, 15) is 8.78 Å². The van der Waals surface area contributed by atoms with Gasteiger partial charge in [-0.05, 0) is 22.6 Å². The van der Waals surface area contributed by atoms with E-state index in [1.54, 1.807) is 0 Å². The Balaban J connectivity index is 3.31. The second kappa shape index (κ2) is 2.65. The minimum atomic E-state index is -0.863. The molecule has 1 rings (SSSR count). The number of nitrogens with two attached hydrogens (primary N) is 1. The maximum Gasteiger partial charge on any atom is 0.231 e. The molecular weight excluding hydrogens is 253 g/mol. The maximum absolute atomic E-state index is 12.5. The van der Waals surface area contributed by atoms with E-state index in [1.165, 1.54) is 22.6 Å². The molecule has 0 fully saturated rings. The van der Waals surface area contributed by atoms with Gasteiger partial charge in [-0.25, -0.2) is 9.37 Å². The average molecular weight is 256 g/mol. The first-order valence-electron chi connectivity index (χ1n) is 2.38. The molecule has 2 nitrogen and oxygen atoms in total. The number of aromatic nitrogens is 1. The first-order valence-corrected chi connectivity index (χ1v) is 3.46. The Morgan fingerprint density at radius 3 is 2.60 bits per heavy atom. The average Bonchev–Trinajstić information content (AvgIpc) is 1.82. The van der Waals surface area contributed by atoms with Gasteiger partial charge in [0.05, 0.1) is 0 Å². The van der Waals surface area contributed by atoms with Gasteiger partial charge in [0.25, 0.3) is 0 Å². The first kappa shape index (κ1) is 7.64. The van der Waals surface area contributed by atoms with Crippen LogP contribution in [0.3, 0.4) is 0 Å². The van der Waals surface area contributed by atoms with E-state index < -0.39 is 11.8 Å². The predicted octanol–water partition coefficient (Wildman–Crippen LogP) is 1.55. The van der Waals surface area contributed by atoms with Crippen molar-refractivity contribution in [2.45, 2.75) is 0 Å². The summed E-state index contributed by atoms with van der Waals surface area (Å²) in [5.41, 5.74) is 5.03. The largest absolute Gasteiger partial charge is 0.384 e. The summed E-state index contributed by atoms with van der Waals surface area (Å²) in [5, 5.41) is 0. The van der Waals surface area contributed by atoms with Crippen molar-refractivity contribution < 1.29 is 8.78 Å². The van der Waals surface area contributed by atoms with Gasteiger partial charge in [0.2, 0.25) is 5.95 Å². The highest BCUT2D eigenvalue weighted by Gasteiger charge is 2.06. The number of nitrogen functional groups attached to an aromatic ring is 1. The number of hydrogen-bond donors (Lipinski definition) is 1. The summed E-state index contributed by atoms with van der Waals surface area (Å²) in [7, 11) is 0. The van der Waals surface area contributed by atoms with Gasteiger partial charge in [-0.1, -0.05) is 0 Å². The lowest BCUT2D eigenvalue weighted by molar-refractivity contribution is 0.542. The van der Waals surface area contributed by atoms with Crippen LogP contribution in [0.1, 0.15) is 0 Å². The van der Waals surface area contributed by atoms with Crippen molar-refractivity contribution >= 4 is 28.4 Å². The molecule has 54 valence electrons. The molecule has 1 aromatic heterocycles. The Labute approximate surface area is 69.6 Å². The fourth-order valence-electron chi connectivity index (χ4n) is 0.486. The maximum atomic E-state index is 12.5. The predicted molar refractivity (Wildman–Crippen MR) is 41.3 cm³/mol. The van der Waals surface area contributed by atoms with E-state index in [0.717, 1.165) is 6.07 Å². The molecule has 10 heavy (non-hydrogen) atoms. The van der Waals surface area contributed by atoms with E-state index >= 15 is 0 Å². The Kier molecular flexibility index (Phi) is 2.02. The minimum absolute atomic E-state index is 0.133. The van der Waals surface area contributed by atoms with Gasteiger partial charge >= 0.3 is 0 Å². The zero-order chi connectivity index (χ0) is 7.72. The second-order valence-electron chi connectivity index (χ2n) is 1.63. The summed E-state index contributed by atoms with van der Waals surface area (Å²) >= 11 is 1.52. The van der Waals surface area contributed by atoms with Crippen molar-refractivity contribution in [1.82, 2.24) is 4.98 Å². The summed E-state index contributed by atoms with van der Waals surface area (Å²) in [5.74, 6) is -1.68. The number of pyridine rings is 1. The number of nitrogens with zero attached hydrogens (tertiary/aromatic N) is 1. The Bertz CT molecular complexity index is 241. The summed E-state index contributed by atoms with van der Waals surface area (Å²) < 4.78 is 24.7. The molecule has 1 aromatic rings. The summed E-state index contributed by atoms with van der Waals surface area (Å²) in [6.45, 7) is 0. The zero-order valence-corrected chi connectivity index (χ0v) is 6.89. The van der Waals surface area contributed by atoms with Gasteiger partial charge in [0.1, 0.15) is 15.2 Å². The minimum Gasteiger partial charge on any atom is -0.384 e. The van der Waals surface area contributed by atoms with Crippen molar-refractivity contribution in [3.63, 3.8) is 0 Å². The van der Waals surface area contributed by atoms with Crippen molar-refractivity contribution in [2.75, 3.05) is 5.73 Å². The highest BCUT2D eigenvalue weighted by molar-refractivity contribution is 14.1. The molecule has 0 spiro atoms. The molecule has 0 unspecified atom stereocenters. The molecule has 1 heterocycles. The summed E-state index contributed by atoms with van der Waals surface area (Å²) in [4.78, 5) is 3.20. The van der Waals surface area contributed by atoms with Crippen LogP contribution in [0.4, 0.5) is 14.6 Å². The van der Waals surface area contributed by atoms with Crippen LogP contribution in [0.25, 0.3) is 0 Å². The van der Waals surface area contributed by atoms with Crippen LogP contribution < -0.4 is 5.73 Å². The molecule has 0 atom stereocenters. The van der Waals surface area contributed by atoms with Gasteiger partial charge in [0.15, 0.2) is 0 Å². The SMILES string of the molecule is Nc1cc(F)c(I)c(F)n1. The lowest BCUT2D eigenvalue weighted by Crippen LogP contribution is -1.98. The number of rotatable bonds is 0. The Hall–Kier alpha value is -0.460. The molecule has 0 aliphatic carbocycles. The molecule has 0 bridgehead atoms. The zero-order valence-electron chi connectivity index (χ0n) is 4.74. The first-order chi connectivity index (χ1) is 4.61. The van der Waals surface area contributed by atoms with Gasteiger partial charge < -0.3 is 5.73 Å². The lowest BCUT2D eigenvalue weighted by atomic mass is 10.4.